The van der Waals surface area contributed by atoms with Gasteiger partial charge in [0.25, 0.3) is 0 Å². The molecular weight excluding hydrogens is 271 g/mol. The van der Waals surface area contributed by atoms with E-state index in [1.807, 2.05) is 0 Å². The SMILES string of the molecule is Cl.F.F.F.F.F.F.F.F.F.S.S. The van der Waals surface area contributed by atoms with Crippen LogP contribution in [0.3, 0.4) is 0 Å². The molecule has 12 heavy (non-hydrogen) atoms. The van der Waals surface area contributed by atoms with Crippen molar-refractivity contribution in [2.75, 3.05) is 0 Å². The molecule has 0 saturated carbocycles. The summed E-state index contributed by atoms with van der Waals surface area (Å²) in [6.07, 6.45) is 0. The van der Waals surface area contributed by atoms with Crippen molar-refractivity contribution >= 4 is 39.4 Å². The first-order valence-corrected chi connectivity index (χ1v) is 0. The van der Waals surface area contributed by atoms with Crippen molar-refractivity contribution < 1.29 is 42.3 Å². The Bertz CT molecular complexity index is 12.5. The molecule has 0 aromatic carbocycles. The van der Waals surface area contributed by atoms with Gasteiger partial charge in [0.15, 0.2) is 0 Å². The van der Waals surface area contributed by atoms with Gasteiger partial charge in [-0.25, -0.2) is 0 Å². The fourth-order valence-corrected chi connectivity index (χ4v) is 0. The molecule has 0 saturated heterocycles. The van der Waals surface area contributed by atoms with Crippen LogP contribution >= 0.6 is 39.4 Å². The van der Waals surface area contributed by atoms with Crippen LogP contribution in [0.15, 0.2) is 0 Å². The van der Waals surface area contributed by atoms with Gasteiger partial charge in [-0.15, -0.1) is 12.4 Å². The summed E-state index contributed by atoms with van der Waals surface area (Å²) in [6, 6.07) is 0. The Labute approximate surface area is 82.5 Å². The van der Waals surface area contributed by atoms with Crippen molar-refractivity contribution in [3.05, 3.63) is 0 Å². The van der Waals surface area contributed by atoms with Crippen LogP contribution in [0, 0.1) is 0 Å². The molecule has 0 bridgehead atoms. The Kier molecular flexibility index (Phi) is 9650000. The first-order valence-electron chi connectivity index (χ1n) is 0. The van der Waals surface area contributed by atoms with Crippen LogP contribution in [-0.4, -0.2) is 0 Å². The zero-order chi connectivity index (χ0) is 0. The molecule has 0 radical (unpaired) electrons. The molecule has 0 heterocycles. The van der Waals surface area contributed by atoms with Crippen LogP contribution in [0.5, 0.6) is 0 Å². The van der Waals surface area contributed by atoms with Crippen molar-refractivity contribution in [1.29, 1.82) is 0 Å². The molecule has 12 heteroatoms. The summed E-state index contributed by atoms with van der Waals surface area (Å²) in [5, 5.41) is 0. The van der Waals surface area contributed by atoms with Crippen molar-refractivity contribution in [2.45, 2.75) is 0 Å². The second kappa shape index (κ2) is 9410. The number of halogens is 10. The molecule has 0 amide bonds. The highest BCUT2D eigenvalue weighted by atomic mass is 35.5. The van der Waals surface area contributed by atoms with Crippen LogP contribution in [0.4, 0.5) is 42.3 Å². The summed E-state index contributed by atoms with van der Waals surface area (Å²) in [5.74, 6) is 0. The average Bonchev–Trinajstić information content (AvgIpc) is 0. The largest absolute Gasteiger partial charge is 0.269 e. The second-order valence-corrected chi connectivity index (χ2v) is 0. The van der Waals surface area contributed by atoms with E-state index >= 15 is 0 Å². The highest BCUT2D eigenvalue weighted by Gasteiger charge is -0.146. The number of hydrogen-bond donors (Lipinski definition) is 0. The molecule has 0 aromatic heterocycles. The average molecular weight is 285 g/mol. The van der Waals surface area contributed by atoms with E-state index in [4.69, 9.17) is 0 Å². The highest BCUT2D eigenvalue weighted by molar-refractivity contribution is 7.59. The third-order valence-electron chi connectivity index (χ3n) is 0. The molecule has 0 aliphatic carbocycles. The number of rotatable bonds is 0. The summed E-state index contributed by atoms with van der Waals surface area (Å²) in [6.45, 7) is 0. The van der Waals surface area contributed by atoms with Gasteiger partial charge in [-0.2, -0.15) is 27.0 Å². The van der Waals surface area contributed by atoms with Gasteiger partial charge >= 0.3 is 0 Å². The Morgan fingerprint density at radius 2 is 0.250 bits per heavy atom. The van der Waals surface area contributed by atoms with Crippen LogP contribution in [0.1, 0.15) is 0 Å². The van der Waals surface area contributed by atoms with Crippen LogP contribution in [0.2, 0.25) is 0 Å². The summed E-state index contributed by atoms with van der Waals surface area (Å²) in [4.78, 5) is 0. The van der Waals surface area contributed by atoms with E-state index in [-0.39, 0.29) is 81.7 Å². The molecule has 0 spiro atoms. The van der Waals surface area contributed by atoms with E-state index in [2.05, 4.69) is 0 Å². The van der Waals surface area contributed by atoms with Gasteiger partial charge < -0.3 is 0 Å². The van der Waals surface area contributed by atoms with Crippen molar-refractivity contribution in [3.63, 3.8) is 0 Å². The lowest BCUT2D eigenvalue weighted by Crippen LogP contribution is 0.419. The molecule has 0 fully saturated rings. The maximum Gasteiger partial charge on any atom is -0.147 e. The van der Waals surface area contributed by atoms with Crippen LogP contribution in [-0.2, 0) is 0 Å². The topological polar surface area (TPSA) is 0 Å². The minimum atomic E-state index is 0. The van der Waals surface area contributed by atoms with Crippen molar-refractivity contribution in [2.24, 2.45) is 0 Å². The maximum atomic E-state index is 0. The van der Waals surface area contributed by atoms with Gasteiger partial charge in [-0.1, -0.05) is 0 Å². The standard InChI is InChI=1S/ClH.9FH.2H2S/h10*1H;2*1H2. The molecule has 0 unspecified atom stereocenters. The zero-order valence-electron chi connectivity index (χ0n) is 5.08. The minimum absolute atomic E-state index is 0. The lowest BCUT2D eigenvalue weighted by Gasteiger charge is -0.270. The minimum Gasteiger partial charge on any atom is -0.269 e. The maximum absolute atomic E-state index is 0. The molecule has 0 aliphatic heterocycles. The molecule has 0 N–H and O–H groups in total. The predicted molar refractivity (Wildman–Crippen MR) is 50.5 cm³/mol. The molecule has 0 rings (SSSR count). The summed E-state index contributed by atoms with van der Waals surface area (Å²) >= 11 is 0. The summed E-state index contributed by atoms with van der Waals surface area (Å²) < 4.78 is 0. The van der Waals surface area contributed by atoms with Gasteiger partial charge in [0.2, 0.25) is 0 Å². The highest BCUT2D eigenvalue weighted by Crippen LogP contribution is 0.690. The van der Waals surface area contributed by atoms with Crippen LogP contribution in [0.25, 0.3) is 0 Å². The normalized spacial score (nSPS) is 0. The molecule has 0 aliphatic rings. The lowest BCUT2D eigenvalue weighted by atomic mass is 19.0. The Balaban J connectivity index is 0. The zero-order valence-corrected chi connectivity index (χ0v) is 7.90. The van der Waals surface area contributed by atoms with E-state index < -0.39 is 0 Å². The van der Waals surface area contributed by atoms with Crippen molar-refractivity contribution in [1.82, 2.24) is 0 Å². The summed E-state index contributed by atoms with van der Waals surface area (Å²) in [5.41, 5.74) is 0. The second-order valence-electron chi connectivity index (χ2n) is 0. The Morgan fingerprint density at radius 3 is 0.250 bits per heavy atom. The van der Waals surface area contributed by atoms with Crippen LogP contribution < -0.4 is 0 Å². The van der Waals surface area contributed by atoms with E-state index in [9.17, 15) is 0 Å². The van der Waals surface area contributed by atoms with Gasteiger partial charge in [-0.05, 0) is 0 Å². The molecule has 0 aromatic rings. The Morgan fingerprint density at radius 1 is 0.250 bits per heavy atom. The van der Waals surface area contributed by atoms with E-state index in [0.29, 0.717) is 0 Å². The predicted octanol–water partition coefficient (Wildman–Crippen LogP) is 2.02. The number of hydrogen-bond acceptors (Lipinski definition) is 0. The first kappa shape index (κ1) is 12300. The van der Waals surface area contributed by atoms with Gasteiger partial charge in [0.05, 0.1) is 0 Å². The quantitative estimate of drug-likeness (QED) is 0.597. The fraction of sp³-hybridized carbons (Fsp3) is 0. The molecule has 0 nitrogen and oxygen atoms in total. The lowest BCUT2D eigenvalue weighted by molar-refractivity contribution is 1.11. The summed E-state index contributed by atoms with van der Waals surface area (Å²) in [7, 11) is 0. The third-order valence-corrected chi connectivity index (χ3v) is 0. The van der Waals surface area contributed by atoms with E-state index in [0.717, 1.165) is 0 Å². The van der Waals surface area contributed by atoms with Crippen molar-refractivity contribution in [3.8, 4) is 0 Å². The molecule has 0 atom stereocenters. The Hall–Kier alpha value is 0.360. The first-order chi connectivity index (χ1) is 0. The fourth-order valence-electron chi connectivity index (χ4n) is 0. The molecule has 96 valence electrons. The van der Waals surface area contributed by atoms with E-state index in [1.54, 1.807) is 0 Å². The van der Waals surface area contributed by atoms with Gasteiger partial charge in [-0.3, -0.25) is 42.3 Å². The van der Waals surface area contributed by atoms with Gasteiger partial charge in [0, 0.05) is 0 Å². The smallest absolute Gasteiger partial charge is 0.147 e. The third kappa shape index (κ3) is 7000. The van der Waals surface area contributed by atoms with E-state index in [1.165, 1.54) is 0 Å². The molecular formula is H14ClF9S2. The van der Waals surface area contributed by atoms with Gasteiger partial charge in [0.1, 0.15) is 0 Å². The monoisotopic (exact) mass is 284 g/mol.